The van der Waals surface area contributed by atoms with Gasteiger partial charge in [-0.1, -0.05) is 66.2 Å². The molecule has 0 amide bonds. The van der Waals surface area contributed by atoms with Crippen LogP contribution in [0.1, 0.15) is 27.9 Å². The summed E-state index contributed by atoms with van der Waals surface area (Å²) < 4.78 is 21.6. The molecule has 2 heterocycles. The number of methoxy groups -OCH3 is 1. The van der Waals surface area contributed by atoms with Gasteiger partial charge >= 0.3 is 7.69 Å². The van der Waals surface area contributed by atoms with Gasteiger partial charge in [0.05, 0.1) is 29.6 Å². The van der Waals surface area contributed by atoms with E-state index in [2.05, 4.69) is 48.3 Å². The first-order valence-electron chi connectivity index (χ1n) is 11.9. The average molecular weight is 470 g/mol. The Bertz CT molecular complexity index is 1650. The summed E-state index contributed by atoms with van der Waals surface area (Å²) in [5.74, 6) is 0.763. The van der Waals surface area contributed by atoms with E-state index in [1.54, 1.807) is 11.6 Å². The molecule has 0 saturated heterocycles. The van der Waals surface area contributed by atoms with E-state index in [-0.39, 0.29) is 0 Å². The normalized spacial score (nSPS) is 13.9. The Hall–Kier alpha value is -4.38. The molecule has 1 N–H and O–H groups in total. The van der Waals surface area contributed by atoms with Crippen LogP contribution in [0.4, 0.5) is 4.32 Å². The number of hydrogen-bond donors (Lipinski definition) is 1. The van der Waals surface area contributed by atoms with Crippen LogP contribution < -0.4 is 4.74 Å². The fourth-order valence-electron chi connectivity index (χ4n) is 4.99. The van der Waals surface area contributed by atoms with E-state index in [0.717, 1.165) is 61.6 Å². The van der Waals surface area contributed by atoms with Gasteiger partial charge in [-0.2, -0.15) is 0 Å². The van der Waals surface area contributed by atoms with Gasteiger partial charge in [0, 0.05) is 22.4 Å². The first kappa shape index (κ1) is 22.1. The minimum Gasteiger partial charge on any atom is -0.497 e. The third-order valence-corrected chi connectivity index (χ3v) is 6.79. The Balaban J connectivity index is 1.56. The van der Waals surface area contributed by atoms with Crippen molar-refractivity contribution < 1.29 is 13.5 Å². The van der Waals surface area contributed by atoms with Crippen LogP contribution in [0.3, 0.4) is 0 Å². The lowest BCUT2D eigenvalue weighted by Crippen LogP contribution is -2.17. The predicted octanol–water partition coefficient (Wildman–Crippen LogP) is 7.02. The van der Waals surface area contributed by atoms with Gasteiger partial charge in [-0.05, 0) is 48.9 Å². The summed E-state index contributed by atoms with van der Waals surface area (Å²) in [6.45, 7) is 2.09. The minimum absolute atomic E-state index is 0.650. The Morgan fingerprint density at radius 3 is 2.11 bits per heavy atom. The smallest absolute Gasteiger partial charge is 0.497 e. The van der Waals surface area contributed by atoms with Gasteiger partial charge in [0.2, 0.25) is 0 Å². The molecule has 1 aliphatic heterocycles. The van der Waals surface area contributed by atoms with Crippen molar-refractivity contribution in [3.05, 3.63) is 125 Å². The predicted molar refractivity (Wildman–Crippen MR) is 146 cm³/mol. The van der Waals surface area contributed by atoms with E-state index in [1.807, 2.05) is 66.7 Å². The molecule has 0 atom stereocenters. The second-order valence-electron chi connectivity index (χ2n) is 8.95. The highest BCUT2D eigenvalue weighted by atomic mass is 19.1. The largest absolute Gasteiger partial charge is 0.792 e. The summed E-state index contributed by atoms with van der Waals surface area (Å²) in [6, 6.07) is 32.6. The quantitative estimate of drug-likeness (QED) is 0.275. The van der Waals surface area contributed by atoms with E-state index >= 15 is 0 Å². The van der Waals surface area contributed by atoms with E-state index in [0.29, 0.717) is 7.69 Å². The molecule has 6 rings (SSSR count). The number of H-pyrrole nitrogens is 1. The van der Waals surface area contributed by atoms with Crippen LogP contribution in [-0.4, -0.2) is 30.0 Å². The molecule has 1 radical (unpaired) electrons. The van der Waals surface area contributed by atoms with Crippen molar-refractivity contribution in [2.24, 2.45) is 0 Å². The maximum absolute atomic E-state index is 14.6. The standard InChI is InChI=1S/C31H24BFN2O/c1-20-11-13-21(14-12-20)30-26-9-5-3-7-24(26)28(34-30)19-29-25-8-4-6-10-27(25)31(35(29)32-33)22-15-17-23(36-2)18-16-22/h3-19,34H,1-2H3/q+1. The van der Waals surface area contributed by atoms with Gasteiger partial charge in [-0.3, -0.25) is 0 Å². The molecule has 0 fully saturated rings. The highest BCUT2D eigenvalue weighted by molar-refractivity contribution is 6.27. The molecule has 173 valence electrons. The number of benzene rings is 4. The number of rotatable bonds is 5. The average Bonchev–Trinajstić information content (AvgIpc) is 3.45. The second kappa shape index (κ2) is 9.01. The van der Waals surface area contributed by atoms with Crippen molar-refractivity contribution in [2.45, 2.75) is 6.92 Å². The molecule has 0 aliphatic carbocycles. The highest BCUT2D eigenvalue weighted by Gasteiger charge is 2.37. The van der Waals surface area contributed by atoms with Crippen LogP contribution >= 0.6 is 0 Å². The van der Waals surface area contributed by atoms with Gasteiger partial charge < -0.3 is 9.72 Å². The molecule has 1 aromatic heterocycles. The molecular weight excluding hydrogens is 446 g/mol. The highest BCUT2D eigenvalue weighted by Crippen LogP contribution is 2.36. The van der Waals surface area contributed by atoms with Crippen LogP contribution in [0.5, 0.6) is 5.75 Å². The van der Waals surface area contributed by atoms with Crippen molar-refractivity contribution >= 4 is 35.9 Å². The molecule has 0 spiro atoms. The third kappa shape index (κ3) is 3.64. The number of halogens is 1. The number of fused-ring (bicyclic) bond motifs is 2. The van der Waals surface area contributed by atoms with Crippen LogP contribution in [0.2, 0.25) is 0 Å². The molecular formula is C31H24BFN2O+. The molecule has 0 bridgehead atoms. The summed E-state index contributed by atoms with van der Waals surface area (Å²) in [6.07, 6.45) is 2.05. The van der Waals surface area contributed by atoms with Crippen LogP contribution in [0.15, 0.2) is 97.1 Å². The maximum atomic E-state index is 14.6. The van der Waals surface area contributed by atoms with Crippen molar-refractivity contribution in [1.82, 2.24) is 4.98 Å². The fourth-order valence-corrected chi connectivity index (χ4v) is 4.99. The number of hydrogen-bond acceptors (Lipinski definition) is 1. The maximum Gasteiger partial charge on any atom is 0.792 e. The first-order valence-corrected chi connectivity index (χ1v) is 11.9. The summed E-state index contributed by atoms with van der Waals surface area (Å²) in [5.41, 5.74) is 8.79. The van der Waals surface area contributed by atoms with E-state index < -0.39 is 0 Å². The first-order chi connectivity index (χ1) is 17.7. The summed E-state index contributed by atoms with van der Waals surface area (Å²) in [4.78, 5) is 3.63. The van der Waals surface area contributed by atoms with E-state index in [1.165, 1.54) is 5.56 Å². The van der Waals surface area contributed by atoms with Crippen LogP contribution in [0, 0.1) is 6.92 Å². The third-order valence-electron chi connectivity index (χ3n) is 6.79. The minimum atomic E-state index is 0.650. The molecule has 5 aromatic rings. The number of nitrogens with one attached hydrogen (secondary N) is 1. The molecule has 4 aromatic carbocycles. The zero-order valence-corrected chi connectivity index (χ0v) is 20.1. The monoisotopic (exact) mass is 470 g/mol. The molecule has 3 nitrogen and oxygen atoms in total. The number of nitrogens with zero attached hydrogens (tertiary/aromatic N) is 1. The Morgan fingerprint density at radius 1 is 0.778 bits per heavy atom. The molecule has 1 aliphatic rings. The lowest BCUT2D eigenvalue weighted by molar-refractivity contribution is -0.270. The van der Waals surface area contributed by atoms with E-state index in [4.69, 9.17) is 4.74 Å². The number of aryl methyl sites for hydroxylation is 1. The second-order valence-corrected chi connectivity index (χ2v) is 8.95. The van der Waals surface area contributed by atoms with Crippen molar-refractivity contribution in [3.63, 3.8) is 0 Å². The summed E-state index contributed by atoms with van der Waals surface area (Å²) in [7, 11) is 2.29. The van der Waals surface area contributed by atoms with Crippen LogP contribution in [-0.2, 0) is 0 Å². The number of aromatic amines is 1. The lowest BCUT2D eigenvalue weighted by atomic mass is 9.99. The van der Waals surface area contributed by atoms with E-state index in [9.17, 15) is 4.32 Å². The number of ether oxygens (including phenoxy) is 1. The Morgan fingerprint density at radius 2 is 1.42 bits per heavy atom. The SMILES string of the molecule is COc1ccc(C2=[N+]([B]F)/C(=C\c3[nH]c(-c4ccc(C)cc4)c4ccccc34)c3ccccc32)cc1. The van der Waals surface area contributed by atoms with Gasteiger partial charge in [-0.25, -0.2) is 8.80 Å². The van der Waals surface area contributed by atoms with Gasteiger partial charge in [-0.15, -0.1) is 0 Å². The van der Waals surface area contributed by atoms with Crippen molar-refractivity contribution in [2.75, 3.05) is 7.11 Å². The Kier molecular flexibility index (Phi) is 5.53. The fraction of sp³-hybridized carbons (Fsp3) is 0.0645. The lowest BCUT2D eigenvalue weighted by Gasteiger charge is -2.03. The molecule has 0 saturated carbocycles. The summed E-state index contributed by atoms with van der Waals surface area (Å²) in [5, 5.41) is 2.23. The van der Waals surface area contributed by atoms with Crippen LogP contribution in [0.25, 0.3) is 33.8 Å². The Labute approximate surface area is 210 Å². The van der Waals surface area contributed by atoms with Gasteiger partial charge in [0.25, 0.3) is 0 Å². The number of aromatic nitrogens is 1. The zero-order valence-electron chi connectivity index (χ0n) is 20.1. The molecule has 5 heteroatoms. The van der Waals surface area contributed by atoms with Gasteiger partial charge in [0.1, 0.15) is 5.75 Å². The zero-order chi connectivity index (χ0) is 24.6. The molecule has 0 unspecified atom stereocenters. The summed E-state index contributed by atoms with van der Waals surface area (Å²) >= 11 is 0. The van der Waals surface area contributed by atoms with Crippen molar-refractivity contribution in [1.29, 1.82) is 0 Å². The van der Waals surface area contributed by atoms with Crippen molar-refractivity contribution in [3.8, 4) is 17.0 Å². The topological polar surface area (TPSA) is 28.0 Å². The molecule has 36 heavy (non-hydrogen) atoms. The van der Waals surface area contributed by atoms with Gasteiger partial charge in [0.15, 0.2) is 11.4 Å².